The lowest BCUT2D eigenvalue weighted by atomic mass is 9.79. The molecule has 3 rings (SSSR count). The number of fused-ring (bicyclic) bond motifs is 1. The maximum Gasteiger partial charge on any atom is 0.370 e. The first-order valence-electron chi connectivity index (χ1n) is 13.4. The highest BCUT2D eigenvalue weighted by Gasteiger charge is 2.43. The Hall–Kier alpha value is -2.26. The van der Waals surface area contributed by atoms with Crippen LogP contribution in [0.4, 0.5) is 10.1 Å². The second kappa shape index (κ2) is 13.7. The maximum atomic E-state index is 14.1. The maximum absolute atomic E-state index is 14.1. The molecule has 210 valence electrons. The fourth-order valence-corrected chi connectivity index (χ4v) is 8.10. The first-order chi connectivity index (χ1) is 18.2. The van der Waals surface area contributed by atoms with Gasteiger partial charge in [0.25, 0.3) is 0 Å². The van der Waals surface area contributed by atoms with Crippen molar-refractivity contribution >= 4 is 33.3 Å². The van der Waals surface area contributed by atoms with Crippen LogP contribution in [0, 0.1) is 5.41 Å². The topological polar surface area (TPSA) is 72.9 Å². The molecule has 0 radical (unpaired) electrons. The molecule has 0 bridgehead atoms. The second-order valence-electron chi connectivity index (χ2n) is 9.99. The Kier molecular flexibility index (Phi) is 10.9. The second-order valence-corrected chi connectivity index (χ2v) is 13.2. The number of hydrogen-bond acceptors (Lipinski definition) is 7. The van der Waals surface area contributed by atoms with E-state index in [4.69, 9.17) is 4.74 Å². The number of benzene rings is 1. The Balaban J connectivity index is 2.20. The number of thioether (sulfide) groups is 1. The van der Waals surface area contributed by atoms with Gasteiger partial charge in [-0.3, -0.25) is 0 Å². The third-order valence-electron chi connectivity index (χ3n) is 7.12. The van der Waals surface area contributed by atoms with Gasteiger partial charge < -0.3 is 14.4 Å². The van der Waals surface area contributed by atoms with Crippen LogP contribution in [-0.4, -0.2) is 45.6 Å². The molecule has 9 heteroatoms. The van der Waals surface area contributed by atoms with E-state index in [1.165, 1.54) is 17.8 Å². The number of nitrogens with zero attached hydrogens (tertiary/aromatic N) is 1. The van der Waals surface area contributed by atoms with E-state index in [9.17, 15) is 17.6 Å². The molecule has 1 aliphatic heterocycles. The van der Waals surface area contributed by atoms with Crippen molar-refractivity contribution in [3.05, 3.63) is 48.5 Å². The molecule has 0 amide bonds. The Morgan fingerprint density at radius 2 is 1.89 bits per heavy atom. The minimum absolute atomic E-state index is 0.0255. The molecule has 1 aromatic rings. The van der Waals surface area contributed by atoms with Crippen LogP contribution in [0.5, 0.6) is 5.75 Å². The van der Waals surface area contributed by atoms with Crippen LogP contribution in [0.2, 0.25) is 0 Å². The summed E-state index contributed by atoms with van der Waals surface area (Å²) in [7, 11) is -2.63. The smallest absolute Gasteiger partial charge is 0.370 e. The van der Waals surface area contributed by atoms with E-state index in [1.54, 1.807) is 0 Å². The lowest BCUT2D eigenvalue weighted by molar-refractivity contribution is -0.137. The summed E-state index contributed by atoms with van der Waals surface area (Å²) >= 11 is 1.48. The van der Waals surface area contributed by atoms with Crippen molar-refractivity contribution in [3.8, 4) is 5.75 Å². The van der Waals surface area contributed by atoms with Crippen molar-refractivity contribution in [3.63, 3.8) is 0 Å². The van der Waals surface area contributed by atoms with E-state index in [0.717, 1.165) is 52.1 Å². The first kappa shape index (κ1) is 30.3. The van der Waals surface area contributed by atoms with Gasteiger partial charge in [-0.2, -0.15) is 4.39 Å². The van der Waals surface area contributed by atoms with E-state index in [2.05, 4.69) is 35.6 Å². The van der Waals surface area contributed by atoms with E-state index in [0.29, 0.717) is 29.1 Å². The Labute approximate surface area is 231 Å². The minimum atomic E-state index is -3.71. The summed E-state index contributed by atoms with van der Waals surface area (Å²) in [5.41, 5.74) is 0.278. The lowest BCUT2D eigenvalue weighted by Gasteiger charge is -2.40. The molecule has 38 heavy (non-hydrogen) atoms. The van der Waals surface area contributed by atoms with Gasteiger partial charge in [0.1, 0.15) is 12.0 Å². The molecule has 0 fully saturated rings. The molecule has 1 heterocycles. The molecule has 2 aliphatic rings. The first-order valence-corrected chi connectivity index (χ1v) is 16.1. The van der Waals surface area contributed by atoms with Gasteiger partial charge in [0.2, 0.25) is 5.83 Å². The number of hydrogen-bond donors (Lipinski definition) is 0. The van der Waals surface area contributed by atoms with Gasteiger partial charge in [0.05, 0.1) is 34.4 Å². The molecule has 6 nitrogen and oxygen atoms in total. The van der Waals surface area contributed by atoms with E-state index < -0.39 is 21.6 Å². The standard InChI is InChI=1S/C29H40FNO5S2/c1-5-8-15-29(16-9-6-2)20-31(22-13-11-10-12-14-22)24-17-26(37-7-3)25(18-27(24)38(33,34)21-29)36-19-23(30)28(32)35-4/h10-13,17-19,22H,5-9,14-16,20-21H2,1-4H3/b23-19-. The van der Waals surface area contributed by atoms with Gasteiger partial charge in [-0.1, -0.05) is 70.8 Å². The highest BCUT2D eigenvalue weighted by atomic mass is 32.2. The molecule has 1 aliphatic carbocycles. The number of esters is 1. The number of carbonyl (C=O) groups excluding carboxylic acids is 1. The summed E-state index contributed by atoms with van der Waals surface area (Å²) in [6.07, 6.45) is 15.4. The minimum Gasteiger partial charge on any atom is -0.464 e. The van der Waals surface area contributed by atoms with Crippen LogP contribution in [0.15, 0.2) is 58.3 Å². The largest absolute Gasteiger partial charge is 0.464 e. The highest BCUT2D eigenvalue weighted by Crippen LogP contribution is 2.47. The number of allylic oxidation sites excluding steroid dienone is 2. The number of rotatable bonds is 12. The Morgan fingerprint density at radius 1 is 1.18 bits per heavy atom. The number of halogens is 1. The van der Waals surface area contributed by atoms with Crippen molar-refractivity contribution in [2.45, 2.75) is 81.5 Å². The summed E-state index contributed by atoms with van der Waals surface area (Å²) < 4.78 is 52.3. The highest BCUT2D eigenvalue weighted by molar-refractivity contribution is 7.99. The third kappa shape index (κ3) is 7.23. The molecular formula is C29H40FNO5S2. The van der Waals surface area contributed by atoms with E-state index in [-0.39, 0.29) is 27.9 Å². The number of anilines is 1. The molecule has 0 spiro atoms. The van der Waals surface area contributed by atoms with Crippen molar-refractivity contribution < 1.29 is 27.1 Å². The number of methoxy groups -OCH3 is 1. The monoisotopic (exact) mass is 565 g/mol. The van der Waals surface area contributed by atoms with Crippen LogP contribution >= 0.6 is 11.8 Å². The quantitative estimate of drug-likeness (QED) is 0.117. The van der Waals surface area contributed by atoms with Crippen molar-refractivity contribution in [2.24, 2.45) is 5.41 Å². The third-order valence-corrected chi connectivity index (χ3v) is 10.0. The zero-order valence-electron chi connectivity index (χ0n) is 22.9. The van der Waals surface area contributed by atoms with E-state index >= 15 is 0 Å². The zero-order valence-corrected chi connectivity index (χ0v) is 24.5. The molecule has 0 saturated carbocycles. The fraction of sp³-hybridized carbons (Fsp3) is 0.552. The molecule has 1 unspecified atom stereocenters. The molecule has 1 aromatic carbocycles. The van der Waals surface area contributed by atoms with Crippen LogP contribution < -0.4 is 9.64 Å². The van der Waals surface area contributed by atoms with Gasteiger partial charge in [-0.15, -0.1) is 11.8 Å². The van der Waals surface area contributed by atoms with Crippen molar-refractivity contribution in [1.29, 1.82) is 0 Å². The van der Waals surface area contributed by atoms with Crippen LogP contribution in [0.1, 0.15) is 65.7 Å². The predicted molar refractivity (Wildman–Crippen MR) is 152 cm³/mol. The zero-order chi connectivity index (χ0) is 27.8. The van der Waals surface area contributed by atoms with Gasteiger partial charge in [0.15, 0.2) is 9.84 Å². The van der Waals surface area contributed by atoms with Gasteiger partial charge >= 0.3 is 5.97 Å². The summed E-state index contributed by atoms with van der Waals surface area (Å²) in [5.74, 6) is -1.39. The number of carbonyl (C=O) groups is 1. The van der Waals surface area contributed by atoms with Crippen LogP contribution in [0.3, 0.4) is 0 Å². The Morgan fingerprint density at radius 3 is 2.47 bits per heavy atom. The van der Waals surface area contributed by atoms with Crippen LogP contribution in [0.25, 0.3) is 0 Å². The number of ether oxygens (including phenoxy) is 2. The predicted octanol–water partition coefficient (Wildman–Crippen LogP) is 7.01. The SMILES string of the molecule is CCCCC1(CCCC)CN(C2C=CC=CC2)c2cc(SCC)c(O/C=C(\F)C(=O)OC)cc2S(=O)(=O)C1. The molecule has 0 aromatic heterocycles. The van der Waals surface area contributed by atoms with Gasteiger partial charge in [-0.25, -0.2) is 13.2 Å². The molecule has 0 saturated heterocycles. The van der Waals surface area contributed by atoms with Crippen molar-refractivity contribution in [1.82, 2.24) is 0 Å². The average molecular weight is 566 g/mol. The number of sulfone groups is 1. The summed E-state index contributed by atoms with van der Waals surface area (Å²) in [6.45, 7) is 6.90. The van der Waals surface area contributed by atoms with E-state index in [1.807, 2.05) is 25.1 Å². The van der Waals surface area contributed by atoms with Crippen LogP contribution in [-0.2, 0) is 19.4 Å². The van der Waals surface area contributed by atoms with Crippen molar-refractivity contribution in [2.75, 3.05) is 30.1 Å². The lowest BCUT2D eigenvalue weighted by Crippen LogP contribution is -2.44. The summed E-state index contributed by atoms with van der Waals surface area (Å²) in [6, 6.07) is 3.40. The fourth-order valence-electron chi connectivity index (χ4n) is 5.22. The van der Waals surface area contributed by atoms with Gasteiger partial charge in [0, 0.05) is 18.0 Å². The molecule has 0 N–H and O–H groups in total. The molecule has 1 atom stereocenters. The Bertz CT molecular complexity index is 1170. The summed E-state index contributed by atoms with van der Waals surface area (Å²) in [4.78, 5) is 14.7. The normalized spacial score (nSPS) is 20.1. The number of unbranched alkanes of at least 4 members (excludes halogenated alkanes) is 2. The van der Waals surface area contributed by atoms with Gasteiger partial charge in [-0.05, 0) is 31.1 Å². The average Bonchev–Trinajstić information content (AvgIpc) is 3.01. The molecular weight excluding hydrogens is 525 g/mol. The summed E-state index contributed by atoms with van der Waals surface area (Å²) in [5, 5.41) is 0.